The van der Waals surface area contributed by atoms with Crippen LogP contribution in [-0.4, -0.2) is 20.9 Å². The van der Waals surface area contributed by atoms with Crippen molar-refractivity contribution in [3.8, 4) is 11.5 Å². The molecular formula is C14H16BrN3O2. The first-order chi connectivity index (χ1) is 9.49. The molecule has 0 aliphatic carbocycles. The van der Waals surface area contributed by atoms with E-state index in [9.17, 15) is 4.79 Å². The fraction of sp³-hybridized carbons (Fsp3) is 0.357. The van der Waals surface area contributed by atoms with Crippen LogP contribution in [0.3, 0.4) is 0 Å². The summed E-state index contributed by atoms with van der Waals surface area (Å²) in [7, 11) is 0. The van der Waals surface area contributed by atoms with Gasteiger partial charge in [-0.3, -0.25) is 4.79 Å². The van der Waals surface area contributed by atoms with Crippen LogP contribution in [-0.2, 0) is 4.79 Å². The molecule has 1 unspecified atom stereocenters. The molecule has 0 fully saturated rings. The monoisotopic (exact) mass is 337 g/mol. The second kappa shape index (κ2) is 6.17. The molecule has 20 heavy (non-hydrogen) atoms. The van der Waals surface area contributed by atoms with Crippen molar-refractivity contribution in [3.05, 3.63) is 30.2 Å². The number of carbonyl (C=O) groups excluding carboxylic acids is 1. The van der Waals surface area contributed by atoms with Crippen molar-refractivity contribution in [1.29, 1.82) is 0 Å². The minimum Gasteiger partial charge on any atom is -0.421 e. The van der Waals surface area contributed by atoms with E-state index in [0.29, 0.717) is 23.0 Å². The number of carbonyl (C=O) groups is 1. The Labute approximate surface area is 125 Å². The lowest BCUT2D eigenvalue weighted by molar-refractivity contribution is -0.116. The maximum Gasteiger partial charge on any atom is 0.249 e. The van der Waals surface area contributed by atoms with E-state index >= 15 is 0 Å². The molecule has 1 atom stereocenters. The summed E-state index contributed by atoms with van der Waals surface area (Å²) in [5, 5.41) is 10.7. The number of rotatable bonds is 4. The van der Waals surface area contributed by atoms with E-state index in [2.05, 4.69) is 31.4 Å². The third-order valence-electron chi connectivity index (χ3n) is 2.78. The lowest BCUT2D eigenvalue weighted by atomic mass is 10.1. The van der Waals surface area contributed by atoms with Crippen molar-refractivity contribution in [3.63, 3.8) is 0 Å². The molecular weight excluding hydrogens is 322 g/mol. The second-order valence-corrected chi connectivity index (χ2v) is 5.79. The van der Waals surface area contributed by atoms with Crippen molar-refractivity contribution in [2.45, 2.75) is 25.6 Å². The number of anilines is 1. The second-order valence-electron chi connectivity index (χ2n) is 4.81. The highest BCUT2D eigenvalue weighted by Gasteiger charge is 2.20. The molecule has 1 N–H and O–H groups in total. The number of amides is 1. The van der Waals surface area contributed by atoms with Crippen LogP contribution in [0.2, 0.25) is 0 Å². The summed E-state index contributed by atoms with van der Waals surface area (Å²) in [6.45, 7) is 5.68. The van der Waals surface area contributed by atoms with Gasteiger partial charge in [-0.2, -0.15) is 0 Å². The Kier molecular flexibility index (Phi) is 4.54. The predicted octanol–water partition coefficient (Wildman–Crippen LogP) is 3.40. The minimum atomic E-state index is -0.250. The van der Waals surface area contributed by atoms with Crippen LogP contribution in [0.15, 0.2) is 28.7 Å². The highest BCUT2D eigenvalue weighted by Crippen LogP contribution is 2.27. The molecule has 1 aromatic carbocycles. The molecule has 0 aliphatic rings. The molecule has 1 amide bonds. The SMILES string of the molecule is Cc1nnc(-c2ccccc2NC(=O)C(Br)C(C)C)o1. The summed E-state index contributed by atoms with van der Waals surface area (Å²) in [6, 6.07) is 7.35. The van der Waals surface area contributed by atoms with Crippen molar-refractivity contribution >= 4 is 27.5 Å². The average Bonchev–Trinajstić information content (AvgIpc) is 2.84. The van der Waals surface area contributed by atoms with E-state index in [1.54, 1.807) is 6.92 Å². The van der Waals surface area contributed by atoms with Gasteiger partial charge in [0.15, 0.2) is 0 Å². The van der Waals surface area contributed by atoms with Crippen LogP contribution in [0.4, 0.5) is 5.69 Å². The van der Waals surface area contributed by atoms with Gasteiger partial charge < -0.3 is 9.73 Å². The first-order valence-electron chi connectivity index (χ1n) is 6.33. The third kappa shape index (κ3) is 3.25. The molecule has 0 radical (unpaired) electrons. The number of aromatic nitrogens is 2. The Morgan fingerprint density at radius 1 is 1.30 bits per heavy atom. The fourth-order valence-electron chi connectivity index (χ4n) is 1.69. The van der Waals surface area contributed by atoms with Crippen LogP contribution in [0.1, 0.15) is 19.7 Å². The molecule has 5 nitrogen and oxygen atoms in total. The fourth-order valence-corrected chi connectivity index (χ4v) is 1.80. The van der Waals surface area contributed by atoms with Gasteiger partial charge >= 0.3 is 0 Å². The normalized spacial score (nSPS) is 12.4. The van der Waals surface area contributed by atoms with Crippen LogP contribution in [0.25, 0.3) is 11.5 Å². The van der Waals surface area contributed by atoms with Gasteiger partial charge in [0.05, 0.1) is 16.1 Å². The zero-order valence-electron chi connectivity index (χ0n) is 11.6. The van der Waals surface area contributed by atoms with Gasteiger partial charge in [0.25, 0.3) is 0 Å². The van der Waals surface area contributed by atoms with Crippen molar-refractivity contribution in [2.24, 2.45) is 5.92 Å². The average molecular weight is 338 g/mol. The Morgan fingerprint density at radius 2 is 2.00 bits per heavy atom. The zero-order chi connectivity index (χ0) is 14.7. The van der Waals surface area contributed by atoms with Crippen LogP contribution in [0.5, 0.6) is 0 Å². The maximum atomic E-state index is 12.1. The Balaban J connectivity index is 2.27. The number of para-hydroxylation sites is 1. The standard InChI is InChI=1S/C14H16BrN3O2/c1-8(2)12(15)13(19)16-11-7-5-4-6-10(11)14-18-17-9(3)20-14/h4-8,12H,1-3H3,(H,16,19). The molecule has 2 aromatic rings. The van der Waals surface area contributed by atoms with Crippen LogP contribution >= 0.6 is 15.9 Å². The molecule has 2 rings (SSSR count). The molecule has 0 bridgehead atoms. The molecule has 0 saturated heterocycles. The first-order valence-corrected chi connectivity index (χ1v) is 7.25. The first kappa shape index (κ1) is 14.7. The number of alkyl halides is 1. The molecule has 0 spiro atoms. The highest BCUT2D eigenvalue weighted by atomic mass is 79.9. The van der Waals surface area contributed by atoms with E-state index in [1.807, 2.05) is 38.1 Å². The number of hydrogen-bond acceptors (Lipinski definition) is 4. The van der Waals surface area contributed by atoms with Gasteiger partial charge in [0.1, 0.15) is 0 Å². The number of nitrogens with zero attached hydrogens (tertiary/aromatic N) is 2. The topological polar surface area (TPSA) is 68.0 Å². The molecule has 106 valence electrons. The van der Waals surface area contributed by atoms with Gasteiger partial charge in [-0.25, -0.2) is 0 Å². The summed E-state index contributed by atoms with van der Waals surface area (Å²) < 4.78 is 5.41. The van der Waals surface area contributed by atoms with Crippen LogP contribution in [0, 0.1) is 12.8 Å². The molecule has 6 heteroatoms. The lowest BCUT2D eigenvalue weighted by Gasteiger charge is -2.15. The zero-order valence-corrected chi connectivity index (χ0v) is 13.1. The highest BCUT2D eigenvalue weighted by molar-refractivity contribution is 9.10. The van der Waals surface area contributed by atoms with Crippen molar-refractivity contribution < 1.29 is 9.21 Å². The number of aryl methyl sites for hydroxylation is 1. The largest absolute Gasteiger partial charge is 0.421 e. The predicted molar refractivity (Wildman–Crippen MR) is 80.7 cm³/mol. The minimum absolute atomic E-state index is 0.0938. The van der Waals surface area contributed by atoms with E-state index in [4.69, 9.17) is 4.42 Å². The molecule has 0 saturated carbocycles. The summed E-state index contributed by atoms with van der Waals surface area (Å²) in [4.78, 5) is 11.9. The number of halogens is 1. The molecule has 0 aliphatic heterocycles. The van der Waals surface area contributed by atoms with E-state index in [1.165, 1.54) is 0 Å². The summed E-state index contributed by atoms with van der Waals surface area (Å²) >= 11 is 3.39. The summed E-state index contributed by atoms with van der Waals surface area (Å²) in [5.74, 6) is 0.993. The number of nitrogens with one attached hydrogen (secondary N) is 1. The van der Waals surface area contributed by atoms with Gasteiger partial charge in [0.2, 0.25) is 17.7 Å². The lowest BCUT2D eigenvalue weighted by Crippen LogP contribution is -2.27. The summed E-state index contributed by atoms with van der Waals surface area (Å²) in [5.41, 5.74) is 1.37. The van der Waals surface area contributed by atoms with Crippen LogP contribution < -0.4 is 5.32 Å². The van der Waals surface area contributed by atoms with Gasteiger partial charge in [0, 0.05) is 6.92 Å². The smallest absolute Gasteiger partial charge is 0.249 e. The number of benzene rings is 1. The quantitative estimate of drug-likeness (QED) is 0.868. The Morgan fingerprint density at radius 3 is 2.60 bits per heavy atom. The molecule has 1 aromatic heterocycles. The van der Waals surface area contributed by atoms with Gasteiger partial charge in [-0.05, 0) is 18.1 Å². The van der Waals surface area contributed by atoms with E-state index < -0.39 is 0 Å². The number of hydrogen-bond donors (Lipinski definition) is 1. The van der Waals surface area contributed by atoms with Gasteiger partial charge in [-0.1, -0.05) is 41.9 Å². The Bertz CT molecular complexity index is 610. The Hall–Kier alpha value is -1.69. The van der Waals surface area contributed by atoms with E-state index in [0.717, 1.165) is 0 Å². The molecule has 1 heterocycles. The van der Waals surface area contributed by atoms with E-state index in [-0.39, 0.29) is 16.7 Å². The maximum absolute atomic E-state index is 12.1. The van der Waals surface area contributed by atoms with Crippen molar-refractivity contribution in [1.82, 2.24) is 10.2 Å². The third-order valence-corrected chi connectivity index (χ3v) is 4.25. The van der Waals surface area contributed by atoms with Crippen molar-refractivity contribution in [2.75, 3.05) is 5.32 Å². The van der Waals surface area contributed by atoms with Gasteiger partial charge in [-0.15, -0.1) is 10.2 Å². The summed E-state index contributed by atoms with van der Waals surface area (Å²) in [6.07, 6.45) is 0.